The first-order chi connectivity index (χ1) is 8.18. The van der Waals surface area contributed by atoms with Gasteiger partial charge in [0.25, 0.3) is 0 Å². The molecular weight excluding hydrogens is 280 g/mol. The maximum Gasteiger partial charge on any atom is 0.0776 e. The van der Waals surface area contributed by atoms with Crippen LogP contribution in [0.2, 0.25) is 0 Å². The molecule has 0 amide bonds. The van der Waals surface area contributed by atoms with Crippen LogP contribution in [0.25, 0.3) is 0 Å². The van der Waals surface area contributed by atoms with Crippen molar-refractivity contribution in [2.75, 3.05) is 17.7 Å². The number of pyridine rings is 2. The van der Waals surface area contributed by atoms with Crippen LogP contribution in [-0.2, 0) is 6.54 Å². The lowest BCUT2D eigenvalue weighted by Crippen LogP contribution is -2.19. The highest BCUT2D eigenvalue weighted by Gasteiger charge is 2.10. The van der Waals surface area contributed by atoms with Crippen molar-refractivity contribution in [2.45, 2.75) is 6.54 Å². The van der Waals surface area contributed by atoms with Crippen molar-refractivity contribution in [3.05, 3.63) is 47.0 Å². The fraction of sp³-hybridized carbons (Fsp3) is 0.167. The molecule has 0 aliphatic carbocycles. The van der Waals surface area contributed by atoms with Gasteiger partial charge in [0.2, 0.25) is 0 Å². The van der Waals surface area contributed by atoms with Crippen molar-refractivity contribution in [1.82, 2.24) is 9.97 Å². The van der Waals surface area contributed by atoms with Crippen molar-refractivity contribution in [2.24, 2.45) is 0 Å². The Kier molecular flexibility index (Phi) is 3.58. The van der Waals surface area contributed by atoms with E-state index < -0.39 is 0 Å². The van der Waals surface area contributed by atoms with Gasteiger partial charge in [-0.2, -0.15) is 0 Å². The van der Waals surface area contributed by atoms with Crippen LogP contribution in [0.3, 0.4) is 0 Å². The minimum Gasteiger partial charge on any atom is -0.396 e. The Bertz CT molecular complexity index is 481. The molecule has 0 aromatic carbocycles. The quantitative estimate of drug-likeness (QED) is 0.944. The Balaban J connectivity index is 2.23. The molecule has 0 atom stereocenters. The number of rotatable bonds is 3. The van der Waals surface area contributed by atoms with E-state index in [2.05, 4.69) is 25.9 Å². The number of hydrogen-bond acceptors (Lipinski definition) is 4. The molecule has 0 spiro atoms. The molecule has 2 aromatic rings. The van der Waals surface area contributed by atoms with Gasteiger partial charge < -0.3 is 10.6 Å². The second-order valence-corrected chi connectivity index (χ2v) is 4.59. The Labute approximate surface area is 109 Å². The van der Waals surface area contributed by atoms with E-state index in [1.807, 2.05) is 30.1 Å². The summed E-state index contributed by atoms with van der Waals surface area (Å²) in [6.07, 6.45) is 5.17. The number of nitrogen functional groups attached to an aromatic ring is 1. The number of aromatic nitrogens is 2. The van der Waals surface area contributed by atoms with E-state index in [1.54, 1.807) is 18.6 Å². The van der Waals surface area contributed by atoms with Crippen molar-refractivity contribution in [1.29, 1.82) is 0 Å². The number of anilines is 2. The number of nitrogens with zero attached hydrogens (tertiary/aromatic N) is 3. The van der Waals surface area contributed by atoms with Crippen LogP contribution in [-0.4, -0.2) is 17.0 Å². The van der Waals surface area contributed by atoms with Crippen LogP contribution >= 0.6 is 15.9 Å². The zero-order valence-corrected chi connectivity index (χ0v) is 11.1. The van der Waals surface area contributed by atoms with E-state index in [0.29, 0.717) is 12.2 Å². The molecule has 88 valence electrons. The Morgan fingerprint density at radius 3 is 2.82 bits per heavy atom. The highest BCUT2D eigenvalue weighted by Crippen LogP contribution is 2.30. The summed E-state index contributed by atoms with van der Waals surface area (Å²) >= 11 is 3.46. The smallest absolute Gasteiger partial charge is 0.0776 e. The predicted octanol–water partition coefficient (Wildman–Crippen LogP) is 2.46. The molecule has 0 aliphatic rings. The topological polar surface area (TPSA) is 55.0 Å². The van der Waals surface area contributed by atoms with Gasteiger partial charge in [-0.1, -0.05) is 6.07 Å². The number of halogens is 1. The normalized spacial score (nSPS) is 10.2. The van der Waals surface area contributed by atoms with Crippen LogP contribution in [0, 0.1) is 0 Å². The van der Waals surface area contributed by atoms with Crippen LogP contribution in [0.15, 0.2) is 41.3 Å². The van der Waals surface area contributed by atoms with E-state index in [1.165, 1.54) is 0 Å². The summed E-state index contributed by atoms with van der Waals surface area (Å²) < 4.78 is 0.885. The average Bonchev–Trinajstić information content (AvgIpc) is 2.30. The SMILES string of the molecule is CN(Cc1ccccn1)c1c(N)cncc1Br. The molecule has 5 heteroatoms. The molecular formula is C12H13BrN4. The van der Waals surface area contributed by atoms with E-state index in [-0.39, 0.29) is 0 Å². The third kappa shape index (κ3) is 2.74. The minimum atomic E-state index is 0.651. The van der Waals surface area contributed by atoms with Gasteiger partial charge in [-0.3, -0.25) is 9.97 Å². The van der Waals surface area contributed by atoms with Crippen molar-refractivity contribution >= 4 is 27.3 Å². The fourth-order valence-corrected chi connectivity index (χ4v) is 2.31. The largest absolute Gasteiger partial charge is 0.396 e. The van der Waals surface area contributed by atoms with E-state index in [9.17, 15) is 0 Å². The molecule has 2 rings (SSSR count). The maximum absolute atomic E-state index is 5.92. The Hall–Kier alpha value is -1.62. The lowest BCUT2D eigenvalue weighted by molar-refractivity contribution is 0.882. The van der Waals surface area contributed by atoms with Crippen molar-refractivity contribution < 1.29 is 0 Å². The molecule has 0 aliphatic heterocycles. The van der Waals surface area contributed by atoms with E-state index in [0.717, 1.165) is 15.9 Å². The minimum absolute atomic E-state index is 0.651. The summed E-state index contributed by atoms with van der Waals surface area (Å²) in [6.45, 7) is 0.702. The molecule has 2 aromatic heterocycles. The van der Waals surface area contributed by atoms with Gasteiger partial charge in [0, 0.05) is 19.4 Å². The second kappa shape index (κ2) is 5.14. The summed E-state index contributed by atoms with van der Waals surface area (Å²) in [4.78, 5) is 10.4. The molecule has 17 heavy (non-hydrogen) atoms. The van der Waals surface area contributed by atoms with E-state index in [4.69, 9.17) is 5.73 Å². The van der Waals surface area contributed by atoms with Crippen LogP contribution in [0.1, 0.15) is 5.69 Å². The number of hydrogen-bond donors (Lipinski definition) is 1. The first-order valence-electron chi connectivity index (χ1n) is 5.18. The summed E-state index contributed by atoms with van der Waals surface area (Å²) in [5.41, 5.74) is 8.51. The molecule has 2 heterocycles. The van der Waals surface area contributed by atoms with E-state index >= 15 is 0 Å². The first-order valence-corrected chi connectivity index (χ1v) is 5.98. The molecule has 0 radical (unpaired) electrons. The van der Waals surface area contributed by atoms with Crippen LogP contribution in [0.5, 0.6) is 0 Å². The Morgan fingerprint density at radius 2 is 2.18 bits per heavy atom. The lowest BCUT2D eigenvalue weighted by atomic mass is 10.3. The fourth-order valence-electron chi connectivity index (χ4n) is 1.66. The highest BCUT2D eigenvalue weighted by atomic mass is 79.9. The molecule has 0 unspecified atom stereocenters. The summed E-state index contributed by atoms with van der Waals surface area (Å²) in [5.74, 6) is 0. The highest BCUT2D eigenvalue weighted by molar-refractivity contribution is 9.10. The van der Waals surface area contributed by atoms with Gasteiger partial charge in [0.05, 0.1) is 34.3 Å². The standard InChI is InChI=1S/C12H13BrN4/c1-17(8-9-4-2-3-5-16-9)12-10(13)6-15-7-11(12)14/h2-7H,8,14H2,1H3. The maximum atomic E-state index is 5.92. The zero-order valence-electron chi connectivity index (χ0n) is 9.47. The van der Waals surface area contributed by atoms with Gasteiger partial charge in [-0.25, -0.2) is 0 Å². The van der Waals surface area contributed by atoms with Gasteiger partial charge in [0.1, 0.15) is 0 Å². The lowest BCUT2D eigenvalue weighted by Gasteiger charge is -2.21. The molecule has 0 saturated heterocycles. The molecule has 0 fully saturated rings. The predicted molar refractivity (Wildman–Crippen MR) is 72.7 cm³/mol. The van der Waals surface area contributed by atoms with Gasteiger partial charge in [-0.05, 0) is 28.1 Å². The van der Waals surface area contributed by atoms with Gasteiger partial charge in [0.15, 0.2) is 0 Å². The first kappa shape index (κ1) is 11.9. The van der Waals surface area contributed by atoms with Crippen LogP contribution in [0.4, 0.5) is 11.4 Å². The van der Waals surface area contributed by atoms with Crippen molar-refractivity contribution in [3.8, 4) is 0 Å². The summed E-state index contributed by atoms with van der Waals surface area (Å²) in [5, 5.41) is 0. The number of nitrogens with two attached hydrogens (primary N) is 1. The monoisotopic (exact) mass is 292 g/mol. The molecule has 0 bridgehead atoms. The molecule has 2 N–H and O–H groups in total. The average molecular weight is 293 g/mol. The third-order valence-electron chi connectivity index (χ3n) is 2.41. The second-order valence-electron chi connectivity index (χ2n) is 3.74. The summed E-state index contributed by atoms with van der Waals surface area (Å²) in [7, 11) is 1.98. The third-order valence-corrected chi connectivity index (χ3v) is 2.99. The zero-order chi connectivity index (χ0) is 12.3. The van der Waals surface area contributed by atoms with Crippen molar-refractivity contribution in [3.63, 3.8) is 0 Å². The molecule has 4 nitrogen and oxygen atoms in total. The Morgan fingerprint density at radius 1 is 1.35 bits per heavy atom. The van der Waals surface area contributed by atoms with Gasteiger partial charge >= 0.3 is 0 Å². The van der Waals surface area contributed by atoms with Crippen LogP contribution < -0.4 is 10.6 Å². The summed E-state index contributed by atoms with van der Waals surface area (Å²) in [6, 6.07) is 5.86. The molecule has 0 saturated carbocycles. The van der Waals surface area contributed by atoms with Gasteiger partial charge in [-0.15, -0.1) is 0 Å².